The Balaban J connectivity index is 1.86. The molecule has 154 valence electrons. The number of carboxylic acids is 1. The summed E-state index contributed by atoms with van der Waals surface area (Å²) < 4.78 is 11.2. The zero-order chi connectivity index (χ0) is 21.5. The highest BCUT2D eigenvalue weighted by molar-refractivity contribution is 5.84. The SMILES string of the molecule is COc1cccc(-c2ncc(NC(=O)OCc3ccccc3)c(=O)n2CC(=O)O)c1. The summed E-state index contributed by atoms with van der Waals surface area (Å²) in [6.07, 6.45) is 0.313. The molecule has 2 aromatic carbocycles. The summed E-state index contributed by atoms with van der Waals surface area (Å²) in [4.78, 5) is 40.4. The number of carboxylic acid groups (broad SMARTS) is 1. The van der Waals surface area contributed by atoms with Crippen molar-refractivity contribution in [3.63, 3.8) is 0 Å². The molecule has 0 aliphatic carbocycles. The first-order valence-electron chi connectivity index (χ1n) is 8.91. The highest BCUT2D eigenvalue weighted by Crippen LogP contribution is 2.22. The summed E-state index contributed by atoms with van der Waals surface area (Å²) in [5, 5.41) is 11.5. The average Bonchev–Trinajstić information content (AvgIpc) is 2.75. The number of amides is 1. The van der Waals surface area contributed by atoms with E-state index in [-0.39, 0.29) is 18.1 Å². The van der Waals surface area contributed by atoms with Crippen LogP contribution in [0.2, 0.25) is 0 Å². The van der Waals surface area contributed by atoms with Crippen LogP contribution < -0.4 is 15.6 Å². The summed E-state index contributed by atoms with van der Waals surface area (Å²) in [5.41, 5.74) is 0.358. The third kappa shape index (κ3) is 5.02. The lowest BCUT2D eigenvalue weighted by Gasteiger charge is -2.13. The fourth-order valence-electron chi connectivity index (χ4n) is 2.72. The molecule has 0 saturated heterocycles. The van der Waals surface area contributed by atoms with Crippen LogP contribution in [0.3, 0.4) is 0 Å². The summed E-state index contributed by atoms with van der Waals surface area (Å²) in [5.74, 6) is -0.577. The molecular formula is C21H19N3O6. The Kier molecular flexibility index (Phi) is 6.43. The standard InChI is InChI=1S/C21H19N3O6/c1-29-16-9-5-8-15(10-16)19-22-11-17(20(27)24(19)12-18(25)26)23-21(28)30-13-14-6-3-2-4-7-14/h2-11H,12-13H2,1H3,(H,23,28)(H,25,26). The van der Waals surface area contributed by atoms with E-state index >= 15 is 0 Å². The van der Waals surface area contributed by atoms with Crippen LogP contribution in [-0.2, 0) is 22.7 Å². The van der Waals surface area contributed by atoms with Gasteiger partial charge in [0.15, 0.2) is 0 Å². The topological polar surface area (TPSA) is 120 Å². The van der Waals surface area contributed by atoms with Gasteiger partial charge in [-0.05, 0) is 17.7 Å². The molecule has 9 nitrogen and oxygen atoms in total. The minimum atomic E-state index is -1.23. The number of anilines is 1. The Morgan fingerprint density at radius 2 is 1.90 bits per heavy atom. The Morgan fingerprint density at radius 1 is 1.13 bits per heavy atom. The van der Waals surface area contributed by atoms with Crippen LogP contribution in [0.1, 0.15) is 5.56 Å². The van der Waals surface area contributed by atoms with Gasteiger partial charge >= 0.3 is 12.1 Å². The molecule has 3 rings (SSSR count). The Bertz CT molecular complexity index is 1110. The van der Waals surface area contributed by atoms with E-state index in [2.05, 4.69) is 10.3 Å². The van der Waals surface area contributed by atoms with Crippen molar-refractivity contribution in [2.75, 3.05) is 12.4 Å². The van der Waals surface area contributed by atoms with Crippen LogP contribution in [0.5, 0.6) is 5.75 Å². The van der Waals surface area contributed by atoms with Crippen molar-refractivity contribution in [2.45, 2.75) is 13.2 Å². The van der Waals surface area contributed by atoms with Gasteiger partial charge in [-0.3, -0.25) is 19.5 Å². The predicted octanol–water partition coefficient (Wildman–Crippen LogP) is 2.75. The number of hydrogen-bond acceptors (Lipinski definition) is 6. The van der Waals surface area contributed by atoms with Crippen LogP contribution in [0.25, 0.3) is 11.4 Å². The minimum Gasteiger partial charge on any atom is -0.497 e. The third-order valence-electron chi connectivity index (χ3n) is 4.12. The highest BCUT2D eigenvalue weighted by Gasteiger charge is 2.17. The molecule has 0 aliphatic rings. The molecule has 0 atom stereocenters. The van der Waals surface area contributed by atoms with Gasteiger partial charge in [0, 0.05) is 5.56 Å². The van der Waals surface area contributed by atoms with Gasteiger partial charge in [0.2, 0.25) is 0 Å². The highest BCUT2D eigenvalue weighted by atomic mass is 16.5. The lowest BCUT2D eigenvalue weighted by atomic mass is 10.2. The largest absolute Gasteiger partial charge is 0.497 e. The van der Waals surface area contributed by atoms with E-state index in [0.717, 1.165) is 10.1 Å². The van der Waals surface area contributed by atoms with Crippen molar-refractivity contribution in [2.24, 2.45) is 0 Å². The summed E-state index contributed by atoms with van der Waals surface area (Å²) in [6, 6.07) is 15.7. The Labute approximate surface area is 171 Å². The zero-order valence-electron chi connectivity index (χ0n) is 16.1. The maximum absolute atomic E-state index is 12.8. The van der Waals surface area contributed by atoms with Gasteiger partial charge in [0.25, 0.3) is 5.56 Å². The van der Waals surface area contributed by atoms with E-state index in [9.17, 15) is 19.5 Å². The molecule has 2 N–H and O–H groups in total. The van der Waals surface area contributed by atoms with Crippen LogP contribution >= 0.6 is 0 Å². The molecule has 3 aromatic rings. The lowest BCUT2D eigenvalue weighted by Crippen LogP contribution is -2.30. The number of carbonyl (C=O) groups excluding carboxylic acids is 1. The molecule has 0 saturated carbocycles. The number of rotatable bonds is 7. The van der Waals surface area contributed by atoms with Crippen LogP contribution in [0.4, 0.5) is 10.5 Å². The first kappa shape index (κ1) is 20.6. The number of methoxy groups -OCH3 is 1. The fourth-order valence-corrected chi connectivity index (χ4v) is 2.72. The summed E-state index contributed by atoms with van der Waals surface area (Å²) in [7, 11) is 1.49. The van der Waals surface area contributed by atoms with Gasteiger partial charge < -0.3 is 14.6 Å². The number of nitrogens with zero attached hydrogens (tertiary/aromatic N) is 2. The Hall–Kier alpha value is -4.14. The van der Waals surface area contributed by atoms with Gasteiger partial charge in [-0.1, -0.05) is 42.5 Å². The molecule has 1 amide bonds. The van der Waals surface area contributed by atoms with Crippen LogP contribution in [0.15, 0.2) is 65.6 Å². The first-order chi connectivity index (χ1) is 14.5. The van der Waals surface area contributed by atoms with Crippen LogP contribution in [-0.4, -0.2) is 33.8 Å². The first-order valence-corrected chi connectivity index (χ1v) is 8.91. The predicted molar refractivity (Wildman–Crippen MR) is 108 cm³/mol. The van der Waals surface area contributed by atoms with Crippen molar-refractivity contribution in [3.05, 3.63) is 76.7 Å². The number of nitrogens with one attached hydrogen (secondary N) is 1. The molecule has 30 heavy (non-hydrogen) atoms. The third-order valence-corrected chi connectivity index (χ3v) is 4.12. The van der Waals surface area contributed by atoms with E-state index in [1.807, 2.05) is 18.2 Å². The van der Waals surface area contributed by atoms with Crippen LogP contribution in [0, 0.1) is 0 Å². The number of aromatic nitrogens is 2. The summed E-state index contributed by atoms with van der Waals surface area (Å²) in [6.45, 7) is -0.613. The number of aliphatic carboxylic acids is 1. The van der Waals surface area contributed by atoms with E-state index in [4.69, 9.17) is 9.47 Å². The zero-order valence-corrected chi connectivity index (χ0v) is 16.1. The molecule has 0 bridgehead atoms. The van der Waals surface area contributed by atoms with Gasteiger partial charge in [-0.15, -0.1) is 0 Å². The van der Waals surface area contributed by atoms with E-state index in [1.165, 1.54) is 13.3 Å². The second-order valence-corrected chi connectivity index (χ2v) is 6.20. The van der Waals surface area contributed by atoms with Gasteiger partial charge in [0.05, 0.1) is 13.3 Å². The van der Waals surface area contributed by atoms with E-state index < -0.39 is 24.2 Å². The van der Waals surface area contributed by atoms with E-state index in [1.54, 1.807) is 36.4 Å². The lowest BCUT2D eigenvalue weighted by molar-refractivity contribution is -0.137. The fraction of sp³-hybridized carbons (Fsp3) is 0.143. The Morgan fingerprint density at radius 3 is 2.60 bits per heavy atom. The monoisotopic (exact) mass is 409 g/mol. The smallest absolute Gasteiger partial charge is 0.412 e. The molecule has 1 heterocycles. The number of benzene rings is 2. The molecule has 1 aromatic heterocycles. The maximum Gasteiger partial charge on any atom is 0.412 e. The molecule has 0 spiro atoms. The number of carbonyl (C=O) groups is 2. The van der Waals surface area contributed by atoms with Crippen molar-refractivity contribution in [1.82, 2.24) is 9.55 Å². The van der Waals surface area contributed by atoms with Crippen molar-refractivity contribution >= 4 is 17.7 Å². The normalized spacial score (nSPS) is 10.3. The quantitative estimate of drug-likeness (QED) is 0.616. The van der Waals surface area contributed by atoms with Crippen molar-refractivity contribution in [1.29, 1.82) is 0 Å². The second kappa shape index (κ2) is 9.37. The molecule has 0 aliphatic heterocycles. The molecule has 0 radical (unpaired) electrons. The second-order valence-electron chi connectivity index (χ2n) is 6.20. The molecule has 0 fully saturated rings. The number of hydrogen-bond donors (Lipinski definition) is 2. The van der Waals surface area contributed by atoms with E-state index in [0.29, 0.717) is 11.3 Å². The maximum atomic E-state index is 12.8. The van der Waals surface area contributed by atoms with Gasteiger partial charge in [-0.25, -0.2) is 9.78 Å². The molecular weight excluding hydrogens is 390 g/mol. The average molecular weight is 409 g/mol. The van der Waals surface area contributed by atoms with Crippen molar-refractivity contribution < 1.29 is 24.2 Å². The molecule has 9 heteroatoms. The van der Waals surface area contributed by atoms with Gasteiger partial charge in [0.1, 0.15) is 30.4 Å². The minimum absolute atomic E-state index is 0.0192. The van der Waals surface area contributed by atoms with Crippen molar-refractivity contribution in [3.8, 4) is 17.1 Å². The molecule has 0 unspecified atom stereocenters. The van der Waals surface area contributed by atoms with Gasteiger partial charge in [-0.2, -0.15) is 0 Å². The summed E-state index contributed by atoms with van der Waals surface area (Å²) >= 11 is 0. The number of ether oxygens (including phenoxy) is 2.